The molecule has 1 N–H and O–H groups in total. The summed E-state index contributed by atoms with van der Waals surface area (Å²) in [5.41, 5.74) is 7.26. The number of rotatable bonds is 6. The summed E-state index contributed by atoms with van der Waals surface area (Å²) in [5, 5.41) is 8.93. The Morgan fingerprint density at radius 2 is 1.33 bits per heavy atom. The van der Waals surface area contributed by atoms with Crippen molar-refractivity contribution < 1.29 is 5.11 Å². The maximum atomic E-state index is 8.93. The predicted octanol–water partition coefficient (Wildman–Crippen LogP) is 5.59. The molecule has 1 nitrogen and oxygen atoms in total. The van der Waals surface area contributed by atoms with E-state index in [0.717, 1.165) is 18.4 Å². The van der Waals surface area contributed by atoms with Crippen LogP contribution < -0.4 is 0 Å². The minimum absolute atomic E-state index is 0.244. The Balaban J connectivity index is 1.85. The van der Waals surface area contributed by atoms with Gasteiger partial charge in [-0.15, -0.1) is 0 Å². The Morgan fingerprint density at radius 1 is 0.750 bits per heavy atom. The van der Waals surface area contributed by atoms with Gasteiger partial charge in [-0.25, -0.2) is 0 Å². The maximum Gasteiger partial charge on any atom is 0.0434 e. The van der Waals surface area contributed by atoms with Gasteiger partial charge >= 0.3 is 0 Å². The second kappa shape index (κ2) is 7.76. The average molecular weight is 314 g/mol. The molecule has 3 aromatic carbocycles. The van der Waals surface area contributed by atoms with Crippen molar-refractivity contribution in [1.82, 2.24) is 0 Å². The van der Waals surface area contributed by atoms with E-state index in [4.69, 9.17) is 5.11 Å². The third-order valence-electron chi connectivity index (χ3n) is 4.25. The minimum atomic E-state index is 0.244. The monoisotopic (exact) mass is 314 g/mol. The molecule has 0 fully saturated rings. The number of aryl methyl sites for hydroxylation is 1. The summed E-state index contributed by atoms with van der Waals surface area (Å²) in [4.78, 5) is 0. The molecule has 0 amide bonds. The van der Waals surface area contributed by atoms with E-state index < -0.39 is 0 Å². The average Bonchev–Trinajstić information content (AvgIpc) is 2.67. The molecule has 0 aliphatic carbocycles. The third-order valence-corrected chi connectivity index (χ3v) is 4.25. The van der Waals surface area contributed by atoms with Crippen LogP contribution in [0.2, 0.25) is 0 Å². The Bertz CT molecular complexity index is 798. The molecular formula is C23H22O. The van der Waals surface area contributed by atoms with Crippen LogP contribution in [-0.4, -0.2) is 11.7 Å². The molecule has 0 saturated carbocycles. The van der Waals surface area contributed by atoms with E-state index in [2.05, 4.69) is 79.4 Å². The highest BCUT2D eigenvalue weighted by Gasteiger charge is 2.02. The fourth-order valence-electron chi connectivity index (χ4n) is 2.84. The molecule has 0 aliphatic heterocycles. The molecule has 0 bridgehead atoms. The van der Waals surface area contributed by atoms with Crippen LogP contribution in [-0.2, 0) is 6.42 Å². The lowest BCUT2D eigenvalue weighted by Crippen LogP contribution is -1.89. The SMILES string of the molecule is C=Cc1ccc(-c2cccc(-c3ccc(CCCO)cc3)c2)cc1. The van der Waals surface area contributed by atoms with Gasteiger partial charge in [0.1, 0.15) is 0 Å². The Morgan fingerprint density at radius 3 is 1.88 bits per heavy atom. The lowest BCUT2D eigenvalue weighted by atomic mass is 9.97. The van der Waals surface area contributed by atoms with E-state index in [-0.39, 0.29) is 6.61 Å². The summed E-state index contributed by atoms with van der Waals surface area (Å²) in [7, 11) is 0. The summed E-state index contributed by atoms with van der Waals surface area (Å²) >= 11 is 0. The second-order valence-electron chi connectivity index (χ2n) is 5.93. The van der Waals surface area contributed by atoms with Crippen molar-refractivity contribution in [3.8, 4) is 22.3 Å². The Labute approximate surface area is 143 Å². The lowest BCUT2D eigenvalue weighted by molar-refractivity contribution is 0.288. The molecule has 0 saturated heterocycles. The summed E-state index contributed by atoms with van der Waals surface area (Å²) < 4.78 is 0. The van der Waals surface area contributed by atoms with Gasteiger partial charge in [0.05, 0.1) is 0 Å². The van der Waals surface area contributed by atoms with Crippen molar-refractivity contribution in [3.05, 3.63) is 90.5 Å². The predicted molar refractivity (Wildman–Crippen MR) is 103 cm³/mol. The molecule has 3 aromatic rings. The highest BCUT2D eigenvalue weighted by atomic mass is 16.2. The number of aliphatic hydroxyl groups is 1. The van der Waals surface area contributed by atoms with Gasteiger partial charge in [0, 0.05) is 6.61 Å². The van der Waals surface area contributed by atoms with E-state index in [1.54, 1.807) is 0 Å². The van der Waals surface area contributed by atoms with Gasteiger partial charge in [0.25, 0.3) is 0 Å². The van der Waals surface area contributed by atoms with E-state index in [1.165, 1.54) is 27.8 Å². The zero-order valence-electron chi connectivity index (χ0n) is 13.8. The van der Waals surface area contributed by atoms with Crippen LogP contribution in [0.3, 0.4) is 0 Å². The normalized spacial score (nSPS) is 10.5. The number of benzene rings is 3. The first-order chi connectivity index (χ1) is 11.8. The van der Waals surface area contributed by atoms with Crippen molar-refractivity contribution in [3.63, 3.8) is 0 Å². The quantitative estimate of drug-likeness (QED) is 0.629. The summed E-state index contributed by atoms with van der Waals surface area (Å²) in [6.45, 7) is 4.04. The fourth-order valence-corrected chi connectivity index (χ4v) is 2.84. The Kier molecular flexibility index (Phi) is 5.25. The second-order valence-corrected chi connectivity index (χ2v) is 5.93. The van der Waals surface area contributed by atoms with Crippen molar-refractivity contribution in [2.75, 3.05) is 6.61 Å². The van der Waals surface area contributed by atoms with E-state index in [9.17, 15) is 0 Å². The van der Waals surface area contributed by atoms with Crippen LogP contribution in [0.4, 0.5) is 0 Å². The first kappa shape index (κ1) is 16.2. The Hall–Kier alpha value is -2.64. The van der Waals surface area contributed by atoms with Crippen LogP contribution in [0.1, 0.15) is 17.5 Å². The molecule has 0 unspecified atom stereocenters. The van der Waals surface area contributed by atoms with Gasteiger partial charge in [-0.1, -0.05) is 79.4 Å². The van der Waals surface area contributed by atoms with Crippen LogP contribution in [0, 0.1) is 0 Å². The first-order valence-corrected chi connectivity index (χ1v) is 8.33. The van der Waals surface area contributed by atoms with Crippen molar-refractivity contribution >= 4 is 6.08 Å². The lowest BCUT2D eigenvalue weighted by Gasteiger charge is -2.08. The van der Waals surface area contributed by atoms with E-state index in [1.807, 2.05) is 6.08 Å². The molecule has 3 rings (SSSR count). The standard InChI is InChI=1S/C23H22O/c1-2-18-8-12-20(13-9-18)22-6-3-7-23(17-22)21-14-10-19(11-15-21)5-4-16-24/h2-3,6-15,17,24H,1,4-5,16H2. The topological polar surface area (TPSA) is 20.2 Å². The van der Waals surface area contributed by atoms with Crippen molar-refractivity contribution in [1.29, 1.82) is 0 Å². The molecular weight excluding hydrogens is 292 g/mol. The number of hydrogen-bond donors (Lipinski definition) is 1. The molecule has 120 valence electrons. The molecule has 0 atom stereocenters. The van der Waals surface area contributed by atoms with Gasteiger partial charge in [-0.3, -0.25) is 0 Å². The zero-order chi connectivity index (χ0) is 16.8. The summed E-state index contributed by atoms with van der Waals surface area (Å²) in [6.07, 6.45) is 3.60. The smallest absolute Gasteiger partial charge is 0.0434 e. The largest absolute Gasteiger partial charge is 0.396 e. The van der Waals surface area contributed by atoms with Crippen molar-refractivity contribution in [2.45, 2.75) is 12.8 Å². The minimum Gasteiger partial charge on any atom is -0.396 e. The fraction of sp³-hybridized carbons (Fsp3) is 0.130. The van der Waals surface area contributed by atoms with Gasteiger partial charge < -0.3 is 5.11 Å². The molecule has 24 heavy (non-hydrogen) atoms. The molecule has 0 aliphatic rings. The number of aliphatic hydroxyl groups excluding tert-OH is 1. The van der Waals surface area contributed by atoms with Crippen molar-refractivity contribution in [2.24, 2.45) is 0 Å². The number of hydrogen-bond acceptors (Lipinski definition) is 1. The first-order valence-electron chi connectivity index (χ1n) is 8.33. The highest BCUT2D eigenvalue weighted by molar-refractivity contribution is 5.73. The molecule has 0 heterocycles. The van der Waals surface area contributed by atoms with Crippen LogP contribution >= 0.6 is 0 Å². The van der Waals surface area contributed by atoms with Crippen LogP contribution in [0.15, 0.2) is 79.4 Å². The third kappa shape index (κ3) is 3.81. The molecule has 0 spiro atoms. The van der Waals surface area contributed by atoms with Crippen LogP contribution in [0.25, 0.3) is 28.3 Å². The van der Waals surface area contributed by atoms with E-state index in [0.29, 0.717) is 0 Å². The van der Waals surface area contributed by atoms with E-state index >= 15 is 0 Å². The van der Waals surface area contributed by atoms with Gasteiger partial charge in [-0.2, -0.15) is 0 Å². The maximum absolute atomic E-state index is 8.93. The zero-order valence-corrected chi connectivity index (χ0v) is 13.8. The summed E-state index contributed by atoms with van der Waals surface area (Å²) in [6, 6.07) is 25.7. The highest BCUT2D eigenvalue weighted by Crippen LogP contribution is 2.27. The molecule has 0 aromatic heterocycles. The van der Waals surface area contributed by atoms with Gasteiger partial charge in [-0.05, 0) is 52.3 Å². The molecule has 0 radical (unpaired) electrons. The van der Waals surface area contributed by atoms with Crippen LogP contribution in [0.5, 0.6) is 0 Å². The van der Waals surface area contributed by atoms with Gasteiger partial charge in [0.15, 0.2) is 0 Å². The molecule has 1 heteroatoms. The summed E-state index contributed by atoms with van der Waals surface area (Å²) in [5.74, 6) is 0. The van der Waals surface area contributed by atoms with Gasteiger partial charge in [0.2, 0.25) is 0 Å².